The van der Waals surface area contributed by atoms with Gasteiger partial charge in [0.15, 0.2) is 5.78 Å². The summed E-state index contributed by atoms with van der Waals surface area (Å²) in [4.78, 5) is 53.8. The number of fused-ring (bicyclic) bond motifs is 1. The molecule has 3 aromatic rings. The van der Waals surface area contributed by atoms with Crippen molar-refractivity contribution in [3.8, 4) is 0 Å². The van der Waals surface area contributed by atoms with Gasteiger partial charge < -0.3 is 14.2 Å². The Kier molecular flexibility index (Phi) is 9.30. The van der Waals surface area contributed by atoms with Crippen LogP contribution in [0.1, 0.15) is 61.0 Å². The van der Waals surface area contributed by atoms with Crippen molar-refractivity contribution in [2.45, 2.75) is 46.6 Å². The van der Waals surface area contributed by atoms with Crippen LogP contribution in [-0.4, -0.2) is 54.4 Å². The van der Waals surface area contributed by atoms with Gasteiger partial charge in [-0.25, -0.2) is 19.0 Å². The van der Waals surface area contributed by atoms with Gasteiger partial charge in [0.1, 0.15) is 11.3 Å². The fourth-order valence-corrected chi connectivity index (χ4v) is 4.83. The molecule has 2 aromatic carbocycles. The first kappa shape index (κ1) is 30.0. The molecule has 0 bridgehead atoms. The van der Waals surface area contributed by atoms with E-state index in [0.717, 1.165) is 9.47 Å². The molecule has 0 N–H and O–H groups in total. The lowest BCUT2D eigenvalue weighted by Gasteiger charge is -2.21. The summed E-state index contributed by atoms with van der Waals surface area (Å²) in [5, 5.41) is 0.115. The van der Waals surface area contributed by atoms with Crippen LogP contribution in [0.3, 0.4) is 0 Å². The molecule has 0 saturated carbocycles. The molecular formula is C28H30Cl2N2O7. The number of esters is 1. The minimum Gasteiger partial charge on any atom is -0.461 e. The number of benzene rings is 2. The Bertz CT molecular complexity index is 1430. The first-order chi connectivity index (χ1) is 18.3. The van der Waals surface area contributed by atoms with Crippen LogP contribution in [0.15, 0.2) is 36.4 Å². The summed E-state index contributed by atoms with van der Waals surface area (Å²) >= 11 is 13.4. The van der Waals surface area contributed by atoms with Crippen LogP contribution in [0, 0.1) is 0 Å². The maximum absolute atomic E-state index is 13.5. The Hall–Kier alpha value is -3.56. The van der Waals surface area contributed by atoms with Gasteiger partial charge in [0.25, 0.3) is 0 Å². The van der Waals surface area contributed by atoms with Crippen LogP contribution in [-0.2, 0) is 20.6 Å². The third kappa shape index (κ3) is 6.37. The Morgan fingerprint density at radius 1 is 0.974 bits per heavy atom. The van der Waals surface area contributed by atoms with Crippen LogP contribution in [0.4, 0.5) is 15.3 Å². The molecule has 0 unspecified atom stereocenters. The van der Waals surface area contributed by atoms with Gasteiger partial charge in [-0.15, -0.1) is 0 Å². The predicted molar refractivity (Wildman–Crippen MR) is 149 cm³/mol. The molecule has 1 aromatic heterocycles. The number of anilines is 1. The molecule has 39 heavy (non-hydrogen) atoms. The lowest BCUT2D eigenvalue weighted by molar-refractivity contribution is 0.0452. The molecule has 0 fully saturated rings. The number of Topliss-reactive ketones (excluding diaryl/α,β-unsaturated/α-hetero) is 1. The zero-order chi connectivity index (χ0) is 29.1. The summed E-state index contributed by atoms with van der Waals surface area (Å²) < 4.78 is 17.0. The van der Waals surface area contributed by atoms with Gasteiger partial charge in [0, 0.05) is 30.0 Å². The van der Waals surface area contributed by atoms with Crippen molar-refractivity contribution in [2.75, 3.05) is 25.2 Å². The summed E-state index contributed by atoms with van der Waals surface area (Å²) in [6, 6.07) is 9.85. The second-order valence-corrected chi connectivity index (χ2v) is 10.3. The number of halogens is 2. The summed E-state index contributed by atoms with van der Waals surface area (Å²) in [6.07, 6.45) is -1.93. The maximum atomic E-state index is 13.5. The van der Waals surface area contributed by atoms with E-state index in [4.69, 9.17) is 37.4 Å². The lowest BCUT2D eigenvalue weighted by atomic mass is 9.99. The van der Waals surface area contributed by atoms with Crippen LogP contribution >= 0.6 is 23.2 Å². The fourth-order valence-electron chi connectivity index (χ4n) is 4.02. The molecule has 0 aliphatic rings. The van der Waals surface area contributed by atoms with E-state index in [1.165, 1.54) is 13.1 Å². The highest BCUT2D eigenvalue weighted by molar-refractivity contribution is 6.44. The van der Waals surface area contributed by atoms with Gasteiger partial charge in [-0.1, -0.05) is 53.5 Å². The van der Waals surface area contributed by atoms with E-state index in [1.54, 1.807) is 65.0 Å². The number of ketones is 1. The smallest absolute Gasteiger partial charge is 0.419 e. The van der Waals surface area contributed by atoms with E-state index < -0.39 is 23.8 Å². The number of carbonyl (C=O) groups excluding carboxylic acids is 4. The van der Waals surface area contributed by atoms with Gasteiger partial charge in [-0.2, -0.15) is 0 Å². The molecule has 0 atom stereocenters. The zero-order valence-corrected chi connectivity index (χ0v) is 24.1. The average molecular weight is 577 g/mol. The third-order valence-corrected chi connectivity index (χ3v) is 6.24. The molecule has 1 amide bonds. The largest absolute Gasteiger partial charge is 0.461 e. The first-order valence-electron chi connectivity index (χ1n) is 12.3. The van der Waals surface area contributed by atoms with Crippen molar-refractivity contribution in [2.24, 2.45) is 0 Å². The average Bonchev–Trinajstić information content (AvgIpc) is 3.17. The third-order valence-electron chi connectivity index (χ3n) is 5.58. The number of ether oxygens (including phenoxy) is 3. The summed E-state index contributed by atoms with van der Waals surface area (Å²) in [6.45, 7) is 8.40. The molecule has 3 rings (SSSR count). The van der Waals surface area contributed by atoms with Crippen molar-refractivity contribution >= 4 is 63.7 Å². The van der Waals surface area contributed by atoms with E-state index in [-0.39, 0.29) is 63.3 Å². The van der Waals surface area contributed by atoms with Crippen molar-refractivity contribution in [1.29, 1.82) is 0 Å². The van der Waals surface area contributed by atoms with Crippen molar-refractivity contribution in [1.82, 2.24) is 4.57 Å². The van der Waals surface area contributed by atoms with Crippen molar-refractivity contribution in [3.05, 3.63) is 63.3 Å². The predicted octanol–water partition coefficient (Wildman–Crippen LogP) is 6.93. The van der Waals surface area contributed by atoms with Crippen LogP contribution < -0.4 is 4.90 Å². The molecule has 9 nitrogen and oxygen atoms in total. The van der Waals surface area contributed by atoms with Gasteiger partial charge in [0.2, 0.25) is 0 Å². The summed E-state index contributed by atoms with van der Waals surface area (Å²) in [5.41, 5.74) is -0.437. The van der Waals surface area contributed by atoms with Gasteiger partial charge >= 0.3 is 18.2 Å². The SMILES string of the molecule is CCOC(=O)c1c(CC(=O)c2ccccc2)c2c(Cl)c(N(C)C(=O)OCC)c(Cl)cc2n1C(=O)OC(C)(C)C. The molecule has 11 heteroatoms. The zero-order valence-electron chi connectivity index (χ0n) is 22.6. The number of rotatable bonds is 7. The number of nitrogens with zero attached hydrogens (tertiary/aromatic N) is 2. The number of hydrogen-bond donors (Lipinski definition) is 0. The van der Waals surface area contributed by atoms with Crippen molar-refractivity contribution in [3.63, 3.8) is 0 Å². The number of amides is 1. The van der Waals surface area contributed by atoms with E-state index in [0.29, 0.717) is 5.56 Å². The summed E-state index contributed by atoms with van der Waals surface area (Å²) in [7, 11) is 1.42. The molecule has 0 spiro atoms. The highest BCUT2D eigenvalue weighted by Crippen LogP contribution is 2.44. The van der Waals surface area contributed by atoms with E-state index >= 15 is 0 Å². The molecule has 0 aliphatic carbocycles. The minimum atomic E-state index is -0.919. The second kappa shape index (κ2) is 12.1. The Morgan fingerprint density at radius 3 is 2.15 bits per heavy atom. The highest BCUT2D eigenvalue weighted by atomic mass is 35.5. The molecule has 0 saturated heterocycles. The van der Waals surface area contributed by atoms with Crippen LogP contribution in [0.5, 0.6) is 0 Å². The molecule has 1 heterocycles. The number of aromatic nitrogens is 1. The van der Waals surface area contributed by atoms with Crippen LogP contribution in [0.25, 0.3) is 10.9 Å². The van der Waals surface area contributed by atoms with E-state index in [1.807, 2.05) is 0 Å². The number of hydrogen-bond acceptors (Lipinski definition) is 7. The Balaban J connectivity index is 2.42. The maximum Gasteiger partial charge on any atom is 0.419 e. The van der Waals surface area contributed by atoms with Gasteiger partial charge in [0.05, 0.1) is 34.5 Å². The van der Waals surface area contributed by atoms with E-state index in [2.05, 4.69) is 0 Å². The lowest BCUT2D eigenvalue weighted by Crippen LogP contribution is -2.29. The molecule has 208 valence electrons. The van der Waals surface area contributed by atoms with Gasteiger partial charge in [-0.3, -0.25) is 9.69 Å². The number of carbonyl (C=O) groups is 4. The highest BCUT2D eigenvalue weighted by Gasteiger charge is 2.34. The normalized spacial score (nSPS) is 11.3. The topological polar surface area (TPSA) is 104 Å². The summed E-state index contributed by atoms with van der Waals surface area (Å²) in [5.74, 6) is -1.20. The minimum absolute atomic E-state index is 0.00158. The second-order valence-electron chi connectivity index (χ2n) is 9.50. The first-order valence-corrected chi connectivity index (χ1v) is 13.0. The fraction of sp³-hybridized carbons (Fsp3) is 0.357. The molecule has 0 radical (unpaired) electrons. The molecule has 0 aliphatic heterocycles. The molecular weight excluding hydrogens is 547 g/mol. The van der Waals surface area contributed by atoms with Crippen molar-refractivity contribution < 1.29 is 33.4 Å². The quantitative estimate of drug-likeness (QED) is 0.170. The Morgan fingerprint density at radius 2 is 1.59 bits per heavy atom. The van der Waals surface area contributed by atoms with Crippen LogP contribution in [0.2, 0.25) is 10.0 Å². The van der Waals surface area contributed by atoms with Gasteiger partial charge in [-0.05, 0) is 40.7 Å². The van der Waals surface area contributed by atoms with E-state index in [9.17, 15) is 19.2 Å². The standard InChI is InChI=1S/C28H30Cl2N2O7/c1-7-37-25(34)23-17(14-20(33)16-12-10-9-11-13-16)21-19(32(23)27(36)39-28(3,4)5)15-18(29)24(22(21)30)31(6)26(35)38-8-2/h9-13,15H,7-8,14H2,1-6H3. The Labute approximate surface area is 236 Å². The monoisotopic (exact) mass is 576 g/mol.